The molecule has 0 amide bonds. The number of hydrogen-bond acceptors (Lipinski definition) is 3. The zero-order valence-electron chi connectivity index (χ0n) is 11.6. The number of aliphatic hydroxyl groups excluding tert-OH is 1. The normalized spacial score (nSPS) is 17.9. The third-order valence-corrected chi connectivity index (χ3v) is 3.32. The second-order valence-corrected chi connectivity index (χ2v) is 4.95. The highest BCUT2D eigenvalue weighted by Gasteiger charge is 2.18. The van der Waals surface area contributed by atoms with Crippen LogP contribution in [0.3, 0.4) is 0 Å². The van der Waals surface area contributed by atoms with Crippen LogP contribution in [-0.2, 0) is 7.05 Å². The van der Waals surface area contributed by atoms with Gasteiger partial charge in [0.15, 0.2) is 5.96 Å². The maximum atomic E-state index is 10.0. The first-order valence-electron chi connectivity index (χ1n) is 6.90. The van der Waals surface area contributed by atoms with Gasteiger partial charge in [-0.05, 0) is 26.2 Å². The maximum absolute atomic E-state index is 10.0. The highest BCUT2D eigenvalue weighted by atomic mass is 16.3. The maximum Gasteiger partial charge on any atom is 0.191 e. The Balaban J connectivity index is 1.88. The number of aliphatic hydroxyl groups is 1. The van der Waals surface area contributed by atoms with Crippen LogP contribution in [0.2, 0.25) is 0 Å². The average molecular weight is 265 g/mol. The van der Waals surface area contributed by atoms with Gasteiger partial charge < -0.3 is 15.7 Å². The van der Waals surface area contributed by atoms with Gasteiger partial charge in [0.05, 0.1) is 12.7 Å². The Morgan fingerprint density at radius 2 is 2.42 bits per heavy atom. The van der Waals surface area contributed by atoms with Gasteiger partial charge in [0.2, 0.25) is 0 Å². The molecular formula is C13H23N5O. The molecule has 1 aliphatic carbocycles. The van der Waals surface area contributed by atoms with Crippen molar-refractivity contribution in [2.24, 2.45) is 12.0 Å². The number of rotatable bonds is 5. The predicted octanol–water partition coefficient (Wildman–Crippen LogP) is 0.561. The summed E-state index contributed by atoms with van der Waals surface area (Å²) in [6, 6.07) is 0.535. The summed E-state index contributed by atoms with van der Waals surface area (Å²) < 4.78 is 1.68. The lowest BCUT2D eigenvalue weighted by Crippen LogP contribution is -2.46. The minimum atomic E-state index is -0.606. The number of hydrogen-bond donors (Lipinski definition) is 3. The minimum absolute atomic E-state index is 0.341. The highest BCUT2D eigenvalue weighted by molar-refractivity contribution is 5.80. The van der Waals surface area contributed by atoms with Crippen molar-refractivity contribution in [1.82, 2.24) is 20.4 Å². The number of nitrogens with zero attached hydrogens (tertiary/aromatic N) is 3. The summed E-state index contributed by atoms with van der Waals surface area (Å²) >= 11 is 0. The largest absolute Gasteiger partial charge is 0.386 e. The molecule has 6 nitrogen and oxygen atoms in total. The molecule has 0 aromatic carbocycles. The van der Waals surface area contributed by atoms with E-state index in [0.29, 0.717) is 12.6 Å². The van der Waals surface area contributed by atoms with Crippen molar-refractivity contribution in [1.29, 1.82) is 0 Å². The highest BCUT2D eigenvalue weighted by Crippen LogP contribution is 2.18. The van der Waals surface area contributed by atoms with E-state index in [2.05, 4.69) is 20.7 Å². The van der Waals surface area contributed by atoms with Crippen LogP contribution in [0.15, 0.2) is 17.4 Å². The number of aromatic nitrogens is 2. The number of nitrogens with one attached hydrogen (secondary N) is 2. The SMILES string of the molecule is CCNC(=NCC(O)c1cnn(C)c1)NC1CCC1. The van der Waals surface area contributed by atoms with Crippen LogP contribution in [0.4, 0.5) is 0 Å². The van der Waals surface area contributed by atoms with E-state index < -0.39 is 6.10 Å². The molecule has 0 spiro atoms. The van der Waals surface area contributed by atoms with E-state index in [9.17, 15) is 5.11 Å². The second kappa shape index (κ2) is 6.56. The quantitative estimate of drug-likeness (QED) is 0.537. The van der Waals surface area contributed by atoms with Crippen molar-refractivity contribution in [3.8, 4) is 0 Å². The van der Waals surface area contributed by atoms with Crippen molar-refractivity contribution in [3.05, 3.63) is 18.0 Å². The topological polar surface area (TPSA) is 74.5 Å². The summed E-state index contributed by atoms with van der Waals surface area (Å²) in [4.78, 5) is 4.43. The Labute approximate surface area is 113 Å². The van der Waals surface area contributed by atoms with Gasteiger partial charge in [-0.3, -0.25) is 9.67 Å². The number of aryl methyl sites for hydroxylation is 1. The van der Waals surface area contributed by atoms with E-state index in [-0.39, 0.29) is 0 Å². The van der Waals surface area contributed by atoms with Crippen LogP contribution in [-0.4, -0.2) is 40.0 Å². The fourth-order valence-electron chi connectivity index (χ4n) is 1.96. The van der Waals surface area contributed by atoms with Crippen LogP contribution in [0.1, 0.15) is 37.9 Å². The summed E-state index contributed by atoms with van der Waals surface area (Å²) in [5.74, 6) is 0.787. The Bertz CT molecular complexity index is 424. The van der Waals surface area contributed by atoms with Gasteiger partial charge in [0.25, 0.3) is 0 Å². The first-order valence-corrected chi connectivity index (χ1v) is 6.90. The minimum Gasteiger partial charge on any atom is -0.386 e. The van der Waals surface area contributed by atoms with Gasteiger partial charge in [-0.2, -0.15) is 5.10 Å². The van der Waals surface area contributed by atoms with E-state index in [1.54, 1.807) is 10.9 Å². The summed E-state index contributed by atoms with van der Waals surface area (Å²) in [7, 11) is 1.84. The Morgan fingerprint density at radius 1 is 1.63 bits per heavy atom. The van der Waals surface area contributed by atoms with Crippen molar-refractivity contribution in [2.75, 3.05) is 13.1 Å². The molecule has 3 N–H and O–H groups in total. The molecule has 1 aromatic rings. The molecule has 0 radical (unpaired) electrons. The van der Waals surface area contributed by atoms with Gasteiger partial charge in [0, 0.05) is 31.4 Å². The first-order chi connectivity index (χ1) is 9.19. The third-order valence-electron chi connectivity index (χ3n) is 3.32. The van der Waals surface area contributed by atoms with E-state index in [0.717, 1.165) is 18.1 Å². The molecular weight excluding hydrogens is 242 g/mol. The Hall–Kier alpha value is -1.56. The monoisotopic (exact) mass is 265 g/mol. The molecule has 1 aromatic heterocycles. The van der Waals surface area contributed by atoms with Gasteiger partial charge >= 0.3 is 0 Å². The smallest absolute Gasteiger partial charge is 0.191 e. The molecule has 0 aliphatic heterocycles. The van der Waals surface area contributed by atoms with Crippen LogP contribution in [0.5, 0.6) is 0 Å². The van der Waals surface area contributed by atoms with Crippen LogP contribution < -0.4 is 10.6 Å². The van der Waals surface area contributed by atoms with Gasteiger partial charge in [-0.25, -0.2) is 0 Å². The molecule has 6 heteroatoms. The van der Waals surface area contributed by atoms with Crippen molar-refractivity contribution >= 4 is 5.96 Å². The Morgan fingerprint density at radius 3 is 2.95 bits per heavy atom. The summed E-state index contributed by atoms with van der Waals surface area (Å²) in [6.45, 7) is 3.20. The van der Waals surface area contributed by atoms with Crippen LogP contribution >= 0.6 is 0 Å². The third kappa shape index (κ3) is 3.96. The molecule has 1 heterocycles. The van der Waals surface area contributed by atoms with E-state index in [4.69, 9.17) is 0 Å². The van der Waals surface area contributed by atoms with E-state index in [1.807, 2.05) is 20.2 Å². The van der Waals surface area contributed by atoms with E-state index >= 15 is 0 Å². The standard InChI is InChI=1S/C13H23N5O/c1-3-14-13(17-11-5-4-6-11)15-8-12(19)10-7-16-18(2)9-10/h7,9,11-12,19H,3-6,8H2,1-2H3,(H2,14,15,17). The van der Waals surface area contributed by atoms with Crippen molar-refractivity contribution in [2.45, 2.75) is 38.3 Å². The predicted molar refractivity (Wildman–Crippen MR) is 74.9 cm³/mol. The summed E-state index contributed by atoms with van der Waals surface area (Å²) in [5, 5.41) is 20.7. The molecule has 1 atom stereocenters. The zero-order chi connectivity index (χ0) is 13.7. The fourth-order valence-corrected chi connectivity index (χ4v) is 1.96. The first kappa shape index (κ1) is 13.9. The number of guanidine groups is 1. The van der Waals surface area contributed by atoms with Gasteiger partial charge in [-0.15, -0.1) is 0 Å². The molecule has 1 saturated carbocycles. The molecule has 1 unspecified atom stereocenters. The van der Waals surface area contributed by atoms with Crippen LogP contribution in [0.25, 0.3) is 0 Å². The lowest BCUT2D eigenvalue weighted by molar-refractivity contribution is 0.187. The van der Waals surface area contributed by atoms with Gasteiger partial charge in [-0.1, -0.05) is 0 Å². The second-order valence-electron chi connectivity index (χ2n) is 4.95. The molecule has 19 heavy (non-hydrogen) atoms. The molecule has 1 aliphatic rings. The van der Waals surface area contributed by atoms with Crippen molar-refractivity contribution < 1.29 is 5.11 Å². The average Bonchev–Trinajstić information content (AvgIpc) is 2.77. The van der Waals surface area contributed by atoms with Crippen molar-refractivity contribution in [3.63, 3.8) is 0 Å². The molecule has 106 valence electrons. The molecule has 2 rings (SSSR count). The number of aliphatic imine (C=N–C) groups is 1. The molecule has 1 fully saturated rings. The van der Waals surface area contributed by atoms with Crippen LogP contribution in [0, 0.1) is 0 Å². The zero-order valence-corrected chi connectivity index (χ0v) is 11.6. The Kier molecular flexibility index (Phi) is 4.79. The lowest BCUT2D eigenvalue weighted by atomic mass is 9.93. The fraction of sp³-hybridized carbons (Fsp3) is 0.692. The molecule has 0 saturated heterocycles. The lowest BCUT2D eigenvalue weighted by Gasteiger charge is -2.28. The van der Waals surface area contributed by atoms with Gasteiger partial charge in [0.1, 0.15) is 6.10 Å². The molecule has 0 bridgehead atoms. The summed E-state index contributed by atoms with van der Waals surface area (Å²) in [6.07, 6.45) is 6.57. The van der Waals surface area contributed by atoms with E-state index in [1.165, 1.54) is 19.3 Å². The summed E-state index contributed by atoms with van der Waals surface area (Å²) in [5.41, 5.74) is 0.797.